The van der Waals surface area contributed by atoms with E-state index in [0.29, 0.717) is 22.9 Å². The smallest absolute Gasteiger partial charge is 0.258 e. The highest BCUT2D eigenvalue weighted by Crippen LogP contribution is 2.33. The monoisotopic (exact) mass is 339 g/mol. The number of furan rings is 1. The van der Waals surface area contributed by atoms with Crippen LogP contribution in [0.2, 0.25) is 0 Å². The van der Waals surface area contributed by atoms with Gasteiger partial charge in [0, 0.05) is 0 Å². The largest absolute Gasteiger partial charge is 0.464 e. The molecule has 0 aliphatic heterocycles. The van der Waals surface area contributed by atoms with Crippen LogP contribution in [0.4, 0.5) is 10.1 Å². The SMILES string of the molecule is Cc1ccc(CN(C(=O)CF)c2ccccc2Oc2ccccc2)o1. The molecule has 0 unspecified atom stereocenters. The molecule has 25 heavy (non-hydrogen) atoms. The number of amides is 1. The van der Waals surface area contributed by atoms with Gasteiger partial charge >= 0.3 is 0 Å². The van der Waals surface area contributed by atoms with E-state index >= 15 is 0 Å². The molecule has 0 radical (unpaired) electrons. The van der Waals surface area contributed by atoms with Gasteiger partial charge in [-0.3, -0.25) is 9.69 Å². The van der Waals surface area contributed by atoms with E-state index in [2.05, 4.69) is 0 Å². The van der Waals surface area contributed by atoms with Gasteiger partial charge in [0.05, 0.1) is 12.2 Å². The quantitative estimate of drug-likeness (QED) is 0.642. The molecule has 0 saturated heterocycles. The number of hydrogen-bond donors (Lipinski definition) is 0. The molecular formula is C20H18FNO3. The second-order valence-corrected chi connectivity index (χ2v) is 5.51. The molecule has 5 heteroatoms. The second kappa shape index (κ2) is 7.66. The Labute approximate surface area is 145 Å². The molecule has 3 rings (SSSR count). The lowest BCUT2D eigenvalue weighted by molar-refractivity contribution is -0.119. The molecular weight excluding hydrogens is 321 g/mol. The van der Waals surface area contributed by atoms with Gasteiger partial charge in [0.25, 0.3) is 5.91 Å². The molecule has 0 spiro atoms. The number of para-hydroxylation sites is 3. The van der Waals surface area contributed by atoms with Crippen LogP contribution in [0.5, 0.6) is 11.5 Å². The van der Waals surface area contributed by atoms with E-state index in [1.807, 2.05) is 37.3 Å². The number of alkyl halides is 1. The summed E-state index contributed by atoms with van der Waals surface area (Å²) in [5.41, 5.74) is 0.489. The van der Waals surface area contributed by atoms with Crippen LogP contribution < -0.4 is 9.64 Å². The van der Waals surface area contributed by atoms with Crippen molar-refractivity contribution in [1.82, 2.24) is 0 Å². The van der Waals surface area contributed by atoms with Gasteiger partial charge in [-0.1, -0.05) is 30.3 Å². The summed E-state index contributed by atoms with van der Waals surface area (Å²) in [5.74, 6) is 1.76. The lowest BCUT2D eigenvalue weighted by atomic mass is 10.2. The number of carbonyl (C=O) groups is 1. The van der Waals surface area contributed by atoms with E-state index in [9.17, 15) is 9.18 Å². The summed E-state index contributed by atoms with van der Waals surface area (Å²) in [6.07, 6.45) is 0. The normalized spacial score (nSPS) is 10.5. The molecule has 0 aliphatic rings. The van der Waals surface area contributed by atoms with Crippen LogP contribution in [-0.2, 0) is 11.3 Å². The molecule has 3 aromatic rings. The molecule has 2 aromatic carbocycles. The molecule has 1 aromatic heterocycles. The number of hydrogen-bond acceptors (Lipinski definition) is 3. The van der Waals surface area contributed by atoms with Crippen molar-refractivity contribution < 1.29 is 18.3 Å². The topological polar surface area (TPSA) is 42.7 Å². The Balaban J connectivity index is 1.93. The maximum atomic E-state index is 13.1. The molecule has 0 fully saturated rings. The van der Waals surface area contributed by atoms with E-state index in [1.165, 1.54) is 4.90 Å². The molecule has 1 amide bonds. The third-order valence-electron chi connectivity index (χ3n) is 3.65. The molecule has 0 N–H and O–H groups in total. The van der Waals surface area contributed by atoms with Crippen molar-refractivity contribution in [3.8, 4) is 11.5 Å². The minimum atomic E-state index is -1.10. The number of anilines is 1. The zero-order valence-electron chi connectivity index (χ0n) is 13.8. The van der Waals surface area contributed by atoms with Crippen molar-refractivity contribution >= 4 is 11.6 Å². The predicted octanol–water partition coefficient (Wildman–Crippen LogP) is 4.88. The first-order valence-electron chi connectivity index (χ1n) is 7.91. The van der Waals surface area contributed by atoms with Crippen LogP contribution in [0.15, 0.2) is 71.1 Å². The summed E-state index contributed by atoms with van der Waals surface area (Å²) in [5, 5.41) is 0. The molecule has 0 bridgehead atoms. The summed E-state index contributed by atoms with van der Waals surface area (Å²) >= 11 is 0. The van der Waals surface area contributed by atoms with Crippen LogP contribution in [0.3, 0.4) is 0 Å². The van der Waals surface area contributed by atoms with Crippen molar-refractivity contribution in [2.45, 2.75) is 13.5 Å². The second-order valence-electron chi connectivity index (χ2n) is 5.51. The van der Waals surface area contributed by atoms with Gasteiger partial charge in [-0.2, -0.15) is 0 Å². The summed E-state index contributed by atoms with van der Waals surface area (Å²) in [4.78, 5) is 13.5. The number of benzene rings is 2. The Morgan fingerprint density at radius 2 is 1.76 bits per heavy atom. The van der Waals surface area contributed by atoms with Crippen molar-refractivity contribution in [3.63, 3.8) is 0 Å². The Morgan fingerprint density at radius 1 is 1.04 bits per heavy atom. The zero-order valence-corrected chi connectivity index (χ0v) is 13.8. The van der Waals surface area contributed by atoms with Gasteiger partial charge in [0.2, 0.25) is 0 Å². The van der Waals surface area contributed by atoms with Gasteiger partial charge in [0.1, 0.15) is 17.3 Å². The predicted molar refractivity (Wildman–Crippen MR) is 93.6 cm³/mol. The zero-order chi connectivity index (χ0) is 17.6. The minimum absolute atomic E-state index is 0.131. The number of aryl methyl sites for hydroxylation is 1. The molecule has 1 heterocycles. The van der Waals surface area contributed by atoms with Crippen LogP contribution in [-0.4, -0.2) is 12.6 Å². The number of nitrogens with zero attached hydrogens (tertiary/aromatic N) is 1. The fraction of sp³-hybridized carbons (Fsp3) is 0.150. The van der Waals surface area contributed by atoms with Gasteiger partial charge in [-0.15, -0.1) is 0 Å². The Bertz CT molecular complexity index is 845. The first-order valence-corrected chi connectivity index (χ1v) is 7.91. The maximum absolute atomic E-state index is 13.1. The highest BCUT2D eigenvalue weighted by molar-refractivity contribution is 5.95. The van der Waals surface area contributed by atoms with Gasteiger partial charge < -0.3 is 9.15 Å². The average Bonchev–Trinajstić information content (AvgIpc) is 3.06. The Hall–Kier alpha value is -3.08. The lowest BCUT2D eigenvalue weighted by Gasteiger charge is -2.23. The number of carbonyl (C=O) groups excluding carboxylic acids is 1. The number of ether oxygens (including phenoxy) is 1. The Morgan fingerprint density at radius 3 is 2.44 bits per heavy atom. The van der Waals surface area contributed by atoms with E-state index in [0.717, 1.165) is 5.76 Å². The van der Waals surface area contributed by atoms with Crippen molar-refractivity contribution in [2.75, 3.05) is 11.6 Å². The molecule has 128 valence electrons. The maximum Gasteiger partial charge on any atom is 0.258 e. The fourth-order valence-electron chi connectivity index (χ4n) is 2.49. The van der Waals surface area contributed by atoms with E-state index < -0.39 is 12.6 Å². The summed E-state index contributed by atoms with van der Waals surface area (Å²) in [6.45, 7) is 0.850. The Kier molecular flexibility index (Phi) is 5.14. The van der Waals surface area contributed by atoms with Gasteiger partial charge in [-0.25, -0.2) is 4.39 Å². The number of halogens is 1. The van der Waals surface area contributed by atoms with E-state index in [1.54, 1.807) is 36.4 Å². The molecule has 0 aliphatic carbocycles. The van der Waals surface area contributed by atoms with Crippen molar-refractivity contribution in [1.29, 1.82) is 0 Å². The van der Waals surface area contributed by atoms with Crippen molar-refractivity contribution in [3.05, 3.63) is 78.3 Å². The van der Waals surface area contributed by atoms with E-state index in [4.69, 9.17) is 9.15 Å². The third kappa shape index (κ3) is 4.07. The molecule has 0 saturated carbocycles. The number of rotatable bonds is 6. The average molecular weight is 339 g/mol. The van der Waals surface area contributed by atoms with Gasteiger partial charge in [0.15, 0.2) is 12.4 Å². The van der Waals surface area contributed by atoms with Crippen LogP contribution in [0.25, 0.3) is 0 Å². The summed E-state index contributed by atoms with van der Waals surface area (Å²) in [7, 11) is 0. The van der Waals surface area contributed by atoms with Crippen LogP contribution >= 0.6 is 0 Å². The van der Waals surface area contributed by atoms with Crippen molar-refractivity contribution in [2.24, 2.45) is 0 Å². The first kappa shape index (κ1) is 16.8. The summed E-state index contributed by atoms with van der Waals surface area (Å²) in [6, 6.07) is 19.8. The highest BCUT2D eigenvalue weighted by Gasteiger charge is 2.21. The summed E-state index contributed by atoms with van der Waals surface area (Å²) < 4.78 is 24.5. The van der Waals surface area contributed by atoms with Crippen LogP contribution in [0.1, 0.15) is 11.5 Å². The third-order valence-corrected chi connectivity index (χ3v) is 3.65. The van der Waals surface area contributed by atoms with Crippen LogP contribution in [0, 0.1) is 6.92 Å². The standard InChI is InChI=1S/C20H18FNO3/c1-15-11-12-17(24-15)14-22(20(23)13-21)18-9-5-6-10-19(18)25-16-7-3-2-4-8-16/h2-12H,13-14H2,1H3. The highest BCUT2D eigenvalue weighted by atomic mass is 19.1. The minimum Gasteiger partial charge on any atom is -0.464 e. The van der Waals surface area contributed by atoms with E-state index in [-0.39, 0.29) is 6.54 Å². The molecule has 0 atom stereocenters. The van der Waals surface area contributed by atoms with Gasteiger partial charge in [-0.05, 0) is 43.3 Å². The lowest BCUT2D eigenvalue weighted by Crippen LogP contribution is -2.31. The first-order chi connectivity index (χ1) is 12.2. The fourth-order valence-corrected chi connectivity index (χ4v) is 2.49. The molecule has 4 nitrogen and oxygen atoms in total.